The van der Waals surface area contributed by atoms with Crippen LogP contribution in [-0.4, -0.2) is 50.9 Å². The monoisotopic (exact) mass is 382 g/mol. The zero-order valence-corrected chi connectivity index (χ0v) is 16.6. The normalized spacial score (nSPS) is 21.9. The molecule has 0 N–H and O–H groups in total. The second-order valence-electron chi connectivity index (χ2n) is 7.80. The van der Waals surface area contributed by atoms with Crippen molar-refractivity contribution in [3.05, 3.63) is 46.6 Å². The van der Waals surface area contributed by atoms with E-state index in [1.807, 2.05) is 36.6 Å². The lowest BCUT2D eigenvalue weighted by molar-refractivity contribution is -0.140. The maximum atomic E-state index is 13.1. The van der Waals surface area contributed by atoms with Gasteiger partial charge in [-0.05, 0) is 45.2 Å². The van der Waals surface area contributed by atoms with Gasteiger partial charge in [0.25, 0.3) is 5.91 Å². The van der Waals surface area contributed by atoms with Crippen molar-refractivity contribution in [1.29, 1.82) is 0 Å². The van der Waals surface area contributed by atoms with Gasteiger partial charge in [-0.15, -0.1) is 0 Å². The predicted molar refractivity (Wildman–Crippen MR) is 103 cm³/mol. The first-order chi connectivity index (χ1) is 13.5. The molecular formula is C21H26N4O3. The third kappa shape index (κ3) is 3.30. The molecule has 3 aliphatic rings. The first kappa shape index (κ1) is 18.7. The van der Waals surface area contributed by atoms with Crippen LogP contribution in [0.3, 0.4) is 0 Å². The average Bonchev–Trinajstić information content (AvgIpc) is 2.88. The summed E-state index contributed by atoms with van der Waals surface area (Å²) in [6, 6.07) is 3.65. The van der Waals surface area contributed by atoms with Crippen LogP contribution in [0.4, 0.5) is 0 Å². The third-order valence-corrected chi connectivity index (χ3v) is 6.02. The minimum Gasteiger partial charge on any atom is -0.361 e. The predicted octanol–water partition coefficient (Wildman–Crippen LogP) is 2.51. The molecule has 5 rings (SSSR count). The van der Waals surface area contributed by atoms with Gasteiger partial charge < -0.3 is 14.3 Å². The summed E-state index contributed by atoms with van der Waals surface area (Å²) in [5, 5.41) is 4.01. The largest absolute Gasteiger partial charge is 0.361 e. The maximum Gasteiger partial charge on any atom is 0.254 e. The van der Waals surface area contributed by atoms with Gasteiger partial charge in [0.05, 0.1) is 18.2 Å². The van der Waals surface area contributed by atoms with Crippen molar-refractivity contribution in [2.24, 2.45) is 5.92 Å². The summed E-state index contributed by atoms with van der Waals surface area (Å²) in [6.45, 7) is 7.34. The molecule has 0 unspecified atom stereocenters. The summed E-state index contributed by atoms with van der Waals surface area (Å²) in [5.41, 5.74) is 3.35. The highest BCUT2D eigenvalue weighted by atomic mass is 16.5. The summed E-state index contributed by atoms with van der Waals surface area (Å²) >= 11 is 0. The lowest BCUT2D eigenvalue weighted by Crippen LogP contribution is -2.47. The Labute approximate surface area is 164 Å². The minimum absolute atomic E-state index is 0.0130. The topological polar surface area (TPSA) is 79.5 Å². The van der Waals surface area contributed by atoms with Gasteiger partial charge in [-0.1, -0.05) is 12.1 Å². The number of hydrogen-bond donors (Lipinski definition) is 0. The molecule has 2 amide bonds. The van der Waals surface area contributed by atoms with Crippen molar-refractivity contribution < 1.29 is 14.1 Å². The van der Waals surface area contributed by atoms with Crippen LogP contribution in [0.1, 0.15) is 52.8 Å². The van der Waals surface area contributed by atoms with E-state index >= 15 is 0 Å². The molecule has 3 saturated heterocycles. The number of nitrogens with zero attached hydrogens (tertiary/aromatic N) is 4. The first-order valence-electron chi connectivity index (χ1n) is 9.94. The number of hydrogen-bond acceptors (Lipinski definition) is 5. The van der Waals surface area contributed by atoms with Gasteiger partial charge >= 0.3 is 0 Å². The molecule has 2 aromatic heterocycles. The fourth-order valence-corrected chi connectivity index (χ4v) is 4.30. The van der Waals surface area contributed by atoms with E-state index < -0.39 is 0 Å². The van der Waals surface area contributed by atoms with Crippen molar-refractivity contribution in [3.63, 3.8) is 0 Å². The van der Waals surface area contributed by atoms with E-state index in [2.05, 4.69) is 10.1 Å². The molecule has 28 heavy (non-hydrogen) atoms. The molecule has 148 valence electrons. The number of carbonyl (C=O) groups is 2. The van der Waals surface area contributed by atoms with Crippen molar-refractivity contribution in [1.82, 2.24) is 19.9 Å². The van der Waals surface area contributed by atoms with Crippen LogP contribution in [0.25, 0.3) is 0 Å². The molecule has 3 fully saturated rings. The number of aryl methyl sites for hydroxylation is 3. The standard InChI is InChI=1S/C21H26N4O3/c1-4-17-9-15(7-8-22-17)20(26)24-10-16-5-6-18(11-24)25(21(16)27)12-19-13(2)23-28-14(19)3/h7-9,16,18H,4-6,10-12H2,1-3H3/t16-,18+/m1/s1. The Morgan fingerprint density at radius 1 is 1.29 bits per heavy atom. The van der Waals surface area contributed by atoms with Crippen molar-refractivity contribution in [2.45, 2.75) is 52.6 Å². The fraction of sp³-hybridized carbons (Fsp3) is 0.524. The number of aromatic nitrogens is 2. The zero-order chi connectivity index (χ0) is 19.8. The van der Waals surface area contributed by atoms with E-state index in [-0.39, 0.29) is 23.8 Å². The lowest BCUT2D eigenvalue weighted by Gasteiger charge is -2.35. The smallest absolute Gasteiger partial charge is 0.254 e. The van der Waals surface area contributed by atoms with Crippen LogP contribution >= 0.6 is 0 Å². The molecule has 7 heteroatoms. The molecule has 2 bridgehead atoms. The van der Waals surface area contributed by atoms with Gasteiger partial charge in [0.2, 0.25) is 5.91 Å². The molecule has 2 atom stereocenters. The van der Waals surface area contributed by atoms with Crippen molar-refractivity contribution in [2.75, 3.05) is 13.1 Å². The second kappa shape index (κ2) is 7.37. The number of rotatable bonds is 4. The zero-order valence-electron chi connectivity index (χ0n) is 16.6. The summed E-state index contributed by atoms with van der Waals surface area (Å²) in [4.78, 5) is 34.3. The van der Waals surface area contributed by atoms with Crippen LogP contribution in [0.15, 0.2) is 22.9 Å². The number of carbonyl (C=O) groups excluding carboxylic acids is 2. The summed E-state index contributed by atoms with van der Waals surface area (Å²) in [5.74, 6) is 0.731. The van der Waals surface area contributed by atoms with E-state index in [1.54, 1.807) is 12.3 Å². The lowest BCUT2D eigenvalue weighted by atomic mass is 9.93. The van der Waals surface area contributed by atoms with E-state index in [4.69, 9.17) is 4.52 Å². The quantitative estimate of drug-likeness (QED) is 0.812. The third-order valence-electron chi connectivity index (χ3n) is 6.02. The summed E-state index contributed by atoms with van der Waals surface area (Å²) < 4.78 is 5.26. The highest BCUT2D eigenvalue weighted by Gasteiger charge is 2.42. The van der Waals surface area contributed by atoms with Crippen LogP contribution in [-0.2, 0) is 17.8 Å². The highest BCUT2D eigenvalue weighted by molar-refractivity contribution is 5.95. The van der Waals surface area contributed by atoms with E-state index in [9.17, 15) is 9.59 Å². The first-order valence-corrected chi connectivity index (χ1v) is 9.94. The average molecular weight is 382 g/mol. The molecule has 0 aliphatic carbocycles. The number of amides is 2. The van der Waals surface area contributed by atoms with Gasteiger partial charge in [0, 0.05) is 42.1 Å². The Bertz CT molecular complexity index is 887. The van der Waals surface area contributed by atoms with Crippen molar-refractivity contribution >= 4 is 11.8 Å². The molecule has 5 heterocycles. The van der Waals surface area contributed by atoms with Crippen LogP contribution in [0.5, 0.6) is 0 Å². The fourth-order valence-electron chi connectivity index (χ4n) is 4.30. The Kier molecular flexibility index (Phi) is 4.91. The molecule has 0 spiro atoms. The van der Waals surface area contributed by atoms with Crippen LogP contribution < -0.4 is 0 Å². The Balaban J connectivity index is 1.57. The maximum absolute atomic E-state index is 13.1. The summed E-state index contributed by atoms with van der Waals surface area (Å²) in [6.07, 6.45) is 4.23. The van der Waals surface area contributed by atoms with E-state index in [0.717, 1.165) is 42.0 Å². The SMILES string of the molecule is CCc1cc(C(=O)N2C[C@H]3CC[C@@H](C2)N(Cc2c(C)noc2C)C3=O)ccn1. The Morgan fingerprint density at radius 3 is 2.82 bits per heavy atom. The minimum atomic E-state index is -0.143. The number of piperidine rings is 1. The number of fused-ring (bicyclic) bond motifs is 4. The van der Waals surface area contributed by atoms with E-state index in [1.165, 1.54) is 0 Å². The second-order valence-corrected chi connectivity index (χ2v) is 7.80. The van der Waals surface area contributed by atoms with Gasteiger partial charge in [-0.2, -0.15) is 0 Å². The Morgan fingerprint density at radius 2 is 2.11 bits per heavy atom. The Hall–Kier alpha value is -2.70. The molecule has 3 aliphatic heterocycles. The molecule has 0 aromatic carbocycles. The van der Waals surface area contributed by atoms with Gasteiger partial charge in [-0.3, -0.25) is 14.6 Å². The molecule has 2 aromatic rings. The van der Waals surface area contributed by atoms with Gasteiger partial charge in [-0.25, -0.2) is 0 Å². The van der Waals surface area contributed by atoms with Crippen LogP contribution in [0, 0.1) is 19.8 Å². The highest BCUT2D eigenvalue weighted by Crippen LogP contribution is 2.32. The van der Waals surface area contributed by atoms with Crippen LogP contribution in [0.2, 0.25) is 0 Å². The molecule has 0 radical (unpaired) electrons. The molecular weight excluding hydrogens is 356 g/mol. The summed E-state index contributed by atoms with van der Waals surface area (Å²) in [7, 11) is 0. The number of pyridine rings is 1. The molecule has 7 nitrogen and oxygen atoms in total. The van der Waals surface area contributed by atoms with Gasteiger partial charge in [0.15, 0.2) is 0 Å². The van der Waals surface area contributed by atoms with E-state index in [0.29, 0.717) is 25.2 Å². The van der Waals surface area contributed by atoms with Gasteiger partial charge in [0.1, 0.15) is 5.76 Å². The van der Waals surface area contributed by atoms with Crippen molar-refractivity contribution in [3.8, 4) is 0 Å². The molecule has 0 saturated carbocycles.